The van der Waals surface area contributed by atoms with Gasteiger partial charge in [0.15, 0.2) is 0 Å². The third-order valence-corrected chi connectivity index (χ3v) is 2.94. The SMILES string of the molecule is CC=CCCCC1CCCCC1. The fourth-order valence-corrected chi connectivity index (χ4v) is 2.17. The molecule has 0 aromatic carbocycles. The fraction of sp³-hybridized carbons (Fsp3) is 0.833. The van der Waals surface area contributed by atoms with E-state index in [-0.39, 0.29) is 0 Å². The van der Waals surface area contributed by atoms with E-state index in [0.717, 1.165) is 5.92 Å². The van der Waals surface area contributed by atoms with Gasteiger partial charge in [0.05, 0.1) is 0 Å². The van der Waals surface area contributed by atoms with Crippen molar-refractivity contribution in [3.8, 4) is 0 Å². The van der Waals surface area contributed by atoms with Crippen molar-refractivity contribution >= 4 is 0 Å². The van der Waals surface area contributed by atoms with Crippen molar-refractivity contribution in [2.24, 2.45) is 5.92 Å². The predicted molar refractivity (Wildman–Crippen MR) is 55.2 cm³/mol. The summed E-state index contributed by atoms with van der Waals surface area (Å²) in [4.78, 5) is 0. The molecule has 1 saturated carbocycles. The van der Waals surface area contributed by atoms with Crippen molar-refractivity contribution in [2.45, 2.75) is 58.3 Å². The van der Waals surface area contributed by atoms with E-state index >= 15 is 0 Å². The molecule has 1 aliphatic rings. The largest absolute Gasteiger partial charge is 0.0917 e. The molecule has 1 aliphatic carbocycles. The lowest BCUT2D eigenvalue weighted by Gasteiger charge is -2.20. The van der Waals surface area contributed by atoms with Crippen molar-refractivity contribution in [1.82, 2.24) is 0 Å². The summed E-state index contributed by atoms with van der Waals surface area (Å²) in [6.07, 6.45) is 16.1. The Labute approximate surface area is 77.1 Å². The lowest BCUT2D eigenvalue weighted by atomic mass is 9.86. The third kappa shape index (κ3) is 3.94. The number of hydrogen-bond donors (Lipinski definition) is 0. The second-order valence-corrected chi connectivity index (χ2v) is 4.00. The van der Waals surface area contributed by atoms with Gasteiger partial charge < -0.3 is 0 Å². The molecule has 0 unspecified atom stereocenters. The maximum atomic E-state index is 2.29. The molecule has 1 fully saturated rings. The van der Waals surface area contributed by atoms with Crippen LogP contribution in [0.15, 0.2) is 12.2 Å². The van der Waals surface area contributed by atoms with Crippen LogP contribution in [0.3, 0.4) is 0 Å². The van der Waals surface area contributed by atoms with Gasteiger partial charge in [0.25, 0.3) is 0 Å². The quantitative estimate of drug-likeness (QED) is 0.431. The Morgan fingerprint density at radius 3 is 2.58 bits per heavy atom. The van der Waals surface area contributed by atoms with Crippen LogP contribution in [-0.2, 0) is 0 Å². The average molecular weight is 166 g/mol. The number of unbranched alkanes of at least 4 members (excludes halogenated alkanes) is 1. The first-order valence-corrected chi connectivity index (χ1v) is 5.54. The molecule has 0 spiro atoms. The first kappa shape index (κ1) is 9.83. The van der Waals surface area contributed by atoms with Crippen LogP contribution >= 0.6 is 0 Å². The molecular weight excluding hydrogens is 144 g/mol. The van der Waals surface area contributed by atoms with Crippen molar-refractivity contribution in [3.63, 3.8) is 0 Å². The molecule has 0 radical (unpaired) electrons. The molecular formula is C12H22. The van der Waals surface area contributed by atoms with Crippen LogP contribution in [0, 0.1) is 5.92 Å². The van der Waals surface area contributed by atoms with Gasteiger partial charge in [-0.05, 0) is 25.7 Å². The molecule has 1 rings (SSSR count). The highest BCUT2D eigenvalue weighted by Gasteiger charge is 2.11. The molecule has 0 bridgehead atoms. The minimum atomic E-state index is 1.07. The van der Waals surface area contributed by atoms with Gasteiger partial charge in [-0.1, -0.05) is 50.7 Å². The predicted octanol–water partition coefficient (Wildman–Crippen LogP) is 4.31. The number of rotatable bonds is 4. The summed E-state index contributed by atoms with van der Waals surface area (Å²) >= 11 is 0. The van der Waals surface area contributed by atoms with Crippen LogP contribution in [0.1, 0.15) is 58.3 Å². The van der Waals surface area contributed by atoms with Gasteiger partial charge >= 0.3 is 0 Å². The van der Waals surface area contributed by atoms with Gasteiger partial charge in [-0.25, -0.2) is 0 Å². The van der Waals surface area contributed by atoms with Gasteiger partial charge in [-0.3, -0.25) is 0 Å². The summed E-state index contributed by atoms with van der Waals surface area (Å²) in [5.41, 5.74) is 0. The molecule has 0 aromatic heterocycles. The van der Waals surface area contributed by atoms with Gasteiger partial charge in [-0.15, -0.1) is 0 Å². The molecule has 0 aliphatic heterocycles. The molecule has 0 amide bonds. The Kier molecular flexibility index (Phi) is 5.14. The molecule has 0 heteroatoms. The maximum Gasteiger partial charge on any atom is -0.0351 e. The van der Waals surface area contributed by atoms with E-state index in [1.807, 2.05) is 0 Å². The van der Waals surface area contributed by atoms with Gasteiger partial charge in [0.1, 0.15) is 0 Å². The summed E-state index contributed by atoms with van der Waals surface area (Å²) in [6.45, 7) is 2.11. The zero-order chi connectivity index (χ0) is 8.65. The van der Waals surface area contributed by atoms with E-state index < -0.39 is 0 Å². The zero-order valence-electron chi connectivity index (χ0n) is 8.39. The lowest BCUT2D eigenvalue weighted by molar-refractivity contribution is 0.333. The first-order valence-electron chi connectivity index (χ1n) is 5.54. The Hall–Kier alpha value is -0.260. The lowest BCUT2D eigenvalue weighted by Crippen LogP contribution is -2.05. The van der Waals surface area contributed by atoms with E-state index in [2.05, 4.69) is 19.1 Å². The van der Waals surface area contributed by atoms with Crippen molar-refractivity contribution in [1.29, 1.82) is 0 Å². The van der Waals surface area contributed by atoms with E-state index in [1.54, 1.807) is 0 Å². The van der Waals surface area contributed by atoms with Crippen LogP contribution in [0.2, 0.25) is 0 Å². The molecule has 0 N–H and O–H groups in total. The summed E-state index contributed by atoms with van der Waals surface area (Å²) in [6, 6.07) is 0. The second kappa shape index (κ2) is 6.28. The fourth-order valence-electron chi connectivity index (χ4n) is 2.17. The smallest absolute Gasteiger partial charge is 0.0351 e. The molecule has 0 aromatic rings. The van der Waals surface area contributed by atoms with Gasteiger partial charge in [-0.2, -0.15) is 0 Å². The first-order chi connectivity index (χ1) is 5.93. The van der Waals surface area contributed by atoms with Gasteiger partial charge in [0, 0.05) is 0 Å². The maximum absolute atomic E-state index is 2.29. The van der Waals surface area contributed by atoms with Crippen LogP contribution in [0.4, 0.5) is 0 Å². The summed E-state index contributed by atoms with van der Waals surface area (Å²) in [7, 11) is 0. The summed E-state index contributed by atoms with van der Waals surface area (Å²) in [5.74, 6) is 1.07. The topological polar surface area (TPSA) is 0 Å². The normalized spacial score (nSPS) is 20.4. The standard InChI is InChI=1S/C12H22/c1-2-3-4-6-9-12-10-7-5-8-11-12/h2-3,12H,4-11H2,1H3. The van der Waals surface area contributed by atoms with E-state index in [4.69, 9.17) is 0 Å². The van der Waals surface area contributed by atoms with Crippen LogP contribution in [-0.4, -0.2) is 0 Å². The Morgan fingerprint density at radius 1 is 1.17 bits per heavy atom. The second-order valence-electron chi connectivity index (χ2n) is 4.00. The zero-order valence-corrected chi connectivity index (χ0v) is 8.39. The molecule has 70 valence electrons. The Morgan fingerprint density at radius 2 is 1.92 bits per heavy atom. The van der Waals surface area contributed by atoms with E-state index in [0.29, 0.717) is 0 Å². The van der Waals surface area contributed by atoms with Crippen LogP contribution < -0.4 is 0 Å². The van der Waals surface area contributed by atoms with E-state index in [1.165, 1.54) is 51.4 Å². The van der Waals surface area contributed by atoms with Gasteiger partial charge in [0.2, 0.25) is 0 Å². The van der Waals surface area contributed by atoms with Crippen molar-refractivity contribution in [3.05, 3.63) is 12.2 Å². The highest BCUT2D eigenvalue weighted by molar-refractivity contribution is 4.77. The van der Waals surface area contributed by atoms with Crippen LogP contribution in [0.25, 0.3) is 0 Å². The van der Waals surface area contributed by atoms with E-state index in [9.17, 15) is 0 Å². The Balaban J connectivity index is 1.97. The average Bonchev–Trinajstić information content (AvgIpc) is 2.14. The minimum Gasteiger partial charge on any atom is -0.0917 e. The molecule has 0 saturated heterocycles. The summed E-state index contributed by atoms with van der Waals surface area (Å²) in [5, 5.41) is 0. The molecule has 0 atom stereocenters. The molecule has 0 nitrogen and oxygen atoms in total. The number of hydrogen-bond acceptors (Lipinski definition) is 0. The highest BCUT2D eigenvalue weighted by Crippen LogP contribution is 2.27. The minimum absolute atomic E-state index is 1.07. The van der Waals surface area contributed by atoms with Crippen LogP contribution in [0.5, 0.6) is 0 Å². The highest BCUT2D eigenvalue weighted by atomic mass is 14.2. The number of allylic oxidation sites excluding steroid dienone is 2. The summed E-state index contributed by atoms with van der Waals surface area (Å²) < 4.78 is 0. The van der Waals surface area contributed by atoms with Crippen molar-refractivity contribution in [2.75, 3.05) is 0 Å². The van der Waals surface area contributed by atoms with Crippen molar-refractivity contribution < 1.29 is 0 Å². The Bertz CT molecular complexity index is 118. The molecule has 12 heavy (non-hydrogen) atoms. The monoisotopic (exact) mass is 166 g/mol. The molecule has 0 heterocycles. The third-order valence-electron chi connectivity index (χ3n) is 2.94.